The number of rotatable bonds is 3. The SMILES string of the molecule is C/N=C/c1cccc(CN=C(C)C)c1. The average Bonchev–Trinajstić information content (AvgIpc) is 2.16. The lowest BCUT2D eigenvalue weighted by molar-refractivity contribution is 1.06. The quantitative estimate of drug-likeness (QED) is 0.652. The highest BCUT2D eigenvalue weighted by molar-refractivity contribution is 5.80. The maximum atomic E-state index is 4.37. The van der Waals surface area contributed by atoms with Crippen molar-refractivity contribution in [2.24, 2.45) is 9.98 Å². The van der Waals surface area contributed by atoms with Crippen molar-refractivity contribution in [2.75, 3.05) is 7.05 Å². The molecule has 1 aromatic rings. The zero-order chi connectivity index (χ0) is 10.4. The van der Waals surface area contributed by atoms with Crippen LogP contribution in [0.2, 0.25) is 0 Å². The number of aliphatic imine (C=N–C) groups is 2. The largest absolute Gasteiger partial charge is 0.296 e. The number of hydrogen-bond acceptors (Lipinski definition) is 2. The molecule has 0 aliphatic carbocycles. The molecule has 14 heavy (non-hydrogen) atoms. The lowest BCUT2D eigenvalue weighted by Crippen LogP contribution is -1.88. The van der Waals surface area contributed by atoms with E-state index in [1.807, 2.05) is 32.2 Å². The third-order valence-electron chi connectivity index (χ3n) is 1.81. The van der Waals surface area contributed by atoms with Gasteiger partial charge in [0, 0.05) is 19.0 Å². The Morgan fingerprint density at radius 2 is 2.14 bits per heavy atom. The van der Waals surface area contributed by atoms with Crippen LogP contribution in [0.3, 0.4) is 0 Å². The first-order valence-electron chi connectivity index (χ1n) is 4.71. The monoisotopic (exact) mass is 188 g/mol. The van der Waals surface area contributed by atoms with Crippen LogP contribution >= 0.6 is 0 Å². The van der Waals surface area contributed by atoms with Crippen LogP contribution in [0.4, 0.5) is 0 Å². The lowest BCUT2D eigenvalue weighted by Gasteiger charge is -1.98. The Morgan fingerprint density at radius 3 is 2.79 bits per heavy atom. The van der Waals surface area contributed by atoms with E-state index < -0.39 is 0 Å². The fourth-order valence-corrected chi connectivity index (χ4v) is 1.17. The van der Waals surface area contributed by atoms with Gasteiger partial charge in [-0.1, -0.05) is 18.2 Å². The standard InChI is InChI=1S/C12H16N2/c1-10(2)14-9-12-6-4-5-11(7-12)8-13-3/h4-8H,9H2,1-3H3/b13-8+. The molecule has 0 radical (unpaired) electrons. The maximum Gasteiger partial charge on any atom is 0.0639 e. The molecule has 0 saturated heterocycles. The van der Waals surface area contributed by atoms with E-state index in [0.717, 1.165) is 17.8 Å². The Bertz CT molecular complexity index is 347. The van der Waals surface area contributed by atoms with Crippen molar-refractivity contribution in [3.05, 3.63) is 35.4 Å². The minimum Gasteiger partial charge on any atom is -0.296 e. The first-order valence-corrected chi connectivity index (χ1v) is 4.71. The van der Waals surface area contributed by atoms with Crippen LogP contribution in [0.1, 0.15) is 25.0 Å². The zero-order valence-electron chi connectivity index (χ0n) is 8.99. The zero-order valence-corrected chi connectivity index (χ0v) is 8.99. The predicted molar refractivity (Wildman–Crippen MR) is 62.4 cm³/mol. The van der Waals surface area contributed by atoms with Crippen molar-refractivity contribution in [1.82, 2.24) is 0 Å². The molecule has 0 fully saturated rings. The van der Waals surface area contributed by atoms with Gasteiger partial charge in [-0.15, -0.1) is 0 Å². The molecule has 0 spiro atoms. The summed E-state index contributed by atoms with van der Waals surface area (Å²) in [5.74, 6) is 0. The fourth-order valence-electron chi connectivity index (χ4n) is 1.17. The second-order valence-electron chi connectivity index (χ2n) is 3.40. The van der Waals surface area contributed by atoms with E-state index in [1.165, 1.54) is 5.56 Å². The van der Waals surface area contributed by atoms with Crippen LogP contribution < -0.4 is 0 Å². The molecular weight excluding hydrogens is 172 g/mol. The Hall–Kier alpha value is -1.44. The van der Waals surface area contributed by atoms with E-state index in [2.05, 4.69) is 22.1 Å². The normalized spacial score (nSPS) is 10.5. The number of hydrogen-bond donors (Lipinski definition) is 0. The van der Waals surface area contributed by atoms with Gasteiger partial charge in [-0.25, -0.2) is 0 Å². The molecular formula is C12H16N2. The lowest BCUT2D eigenvalue weighted by atomic mass is 10.1. The first-order chi connectivity index (χ1) is 6.72. The first kappa shape index (κ1) is 10.6. The molecule has 74 valence electrons. The Kier molecular flexibility index (Phi) is 4.05. The third-order valence-corrected chi connectivity index (χ3v) is 1.81. The third kappa shape index (κ3) is 3.52. The summed E-state index contributed by atoms with van der Waals surface area (Å²) in [5.41, 5.74) is 3.47. The molecule has 1 aromatic carbocycles. The van der Waals surface area contributed by atoms with Gasteiger partial charge in [-0.2, -0.15) is 0 Å². The fraction of sp³-hybridized carbons (Fsp3) is 0.333. The molecule has 0 amide bonds. The molecule has 0 saturated carbocycles. The van der Waals surface area contributed by atoms with Crippen LogP contribution in [0.25, 0.3) is 0 Å². The van der Waals surface area contributed by atoms with Crippen LogP contribution in [-0.2, 0) is 6.54 Å². The van der Waals surface area contributed by atoms with E-state index >= 15 is 0 Å². The van der Waals surface area contributed by atoms with Crippen molar-refractivity contribution in [3.63, 3.8) is 0 Å². The van der Waals surface area contributed by atoms with E-state index in [9.17, 15) is 0 Å². The van der Waals surface area contributed by atoms with Gasteiger partial charge in [0.1, 0.15) is 0 Å². The second-order valence-corrected chi connectivity index (χ2v) is 3.40. The molecule has 2 heteroatoms. The topological polar surface area (TPSA) is 24.7 Å². The van der Waals surface area contributed by atoms with E-state index in [0.29, 0.717) is 0 Å². The molecule has 0 aliphatic rings. The minimum absolute atomic E-state index is 0.758. The van der Waals surface area contributed by atoms with Gasteiger partial charge in [-0.3, -0.25) is 9.98 Å². The highest BCUT2D eigenvalue weighted by atomic mass is 14.7. The highest BCUT2D eigenvalue weighted by Gasteiger charge is 1.92. The van der Waals surface area contributed by atoms with Gasteiger partial charge in [0.2, 0.25) is 0 Å². The van der Waals surface area contributed by atoms with Crippen LogP contribution in [0.5, 0.6) is 0 Å². The summed E-state index contributed by atoms with van der Waals surface area (Å²) < 4.78 is 0. The van der Waals surface area contributed by atoms with Gasteiger partial charge < -0.3 is 0 Å². The summed E-state index contributed by atoms with van der Waals surface area (Å²) in [5, 5.41) is 0. The average molecular weight is 188 g/mol. The Morgan fingerprint density at radius 1 is 1.36 bits per heavy atom. The summed E-state index contributed by atoms with van der Waals surface area (Å²) in [7, 11) is 1.78. The molecule has 0 atom stereocenters. The molecule has 0 unspecified atom stereocenters. The minimum atomic E-state index is 0.758. The molecule has 0 aromatic heterocycles. The van der Waals surface area contributed by atoms with Gasteiger partial charge in [0.25, 0.3) is 0 Å². The van der Waals surface area contributed by atoms with E-state index in [-0.39, 0.29) is 0 Å². The predicted octanol–water partition coefficient (Wildman–Crippen LogP) is 2.72. The second kappa shape index (κ2) is 5.32. The maximum absolute atomic E-state index is 4.37. The van der Waals surface area contributed by atoms with Gasteiger partial charge in [-0.05, 0) is 31.0 Å². The summed E-state index contributed by atoms with van der Waals surface area (Å²) in [6.45, 7) is 4.78. The molecule has 0 N–H and O–H groups in total. The van der Waals surface area contributed by atoms with Gasteiger partial charge >= 0.3 is 0 Å². The van der Waals surface area contributed by atoms with Crippen molar-refractivity contribution < 1.29 is 0 Å². The van der Waals surface area contributed by atoms with Crippen molar-refractivity contribution in [1.29, 1.82) is 0 Å². The summed E-state index contributed by atoms with van der Waals surface area (Å²) in [6.07, 6.45) is 1.85. The Labute approximate surface area is 85.4 Å². The molecule has 1 rings (SSSR count). The summed E-state index contributed by atoms with van der Waals surface area (Å²) in [6, 6.07) is 8.27. The van der Waals surface area contributed by atoms with Crippen molar-refractivity contribution in [3.8, 4) is 0 Å². The summed E-state index contributed by atoms with van der Waals surface area (Å²) in [4.78, 5) is 8.35. The molecule has 0 aliphatic heterocycles. The number of nitrogens with zero attached hydrogens (tertiary/aromatic N) is 2. The number of benzene rings is 1. The van der Waals surface area contributed by atoms with Crippen molar-refractivity contribution in [2.45, 2.75) is 20.4 Å². The molecule has 0 heterocycles. The van der Waals surface area contributed by atoms with Crippen LogP contribution in [0, 0.1) is 0 Å². The van der Waals surface area contributed by atoms with E-state index in [1.54, 1.807) is 7.05 Å². The Balaban J connectivity index is 2.78. The smallest absolute Gasteiger partial charge is 0.0639 e. The van der Waals surface area contributed by atoms with Crippen LogP contribution in [-0.4, -0.2) is 19.0 Å². The van der Waals surface area contributed by atoms with Crippen LogP contribution in [0.15, 0.2) is 34.3 Å². The van der Waals surface area contributed by atoms with Gasteiger partial charge in [0.15, 0.2) is 0 Å². The highest BCUT2D eigenvalue weighted by Crippen LogP contribution is 2.05. The van der Waals surface area contributed by atoms with Crippen molar-refractivity contribution >= 4 is 11.9 Å². The molecule has 2 nitrogen and oxygen atoms in total. The molecule has 0 bridgehead atoms. The van der Waals surface area contributed by atoms with E-state index in [4.69, 9.17) is 0 Å². The van der Waals surface area contributed by atoms with Gasteiger partial charge in [0.05, 0.1) is 6.54 Å². The summed E-state index contributed by atoms with van der Waals surface area (Å²) >= 11 is 0.